The van der Waals surface area contributed by atoms with Gasteiger partial charge in [-0.1, -0.05) is 51.1 Å². The van der Waals surface area contributed by atoms with Gasteiger partial charge in [-0.05, 0) is 36.1 Å². The van der Waals surface area contributed by atoms with E-state index in [4.69, 9.17) is 9.15 Å². The molecule has 1 aromatic heterocycles. The Hall–Kier alpha value is -3.41. The van der Waals surface area contributed by atoms with Crippen LogP contribution in [0.25, 0.3) is 11.0 Å². The molecule has 6 nitrogen and oxygen atoms in total. The van der Waals surface area contributed by atoms with Crippen LogP contribution in [0.5, 0.6) is 0 Å². The van der Waals surface area contributed by atoms with Crippen molar-refractivity contribution >= 4 is 22.8 Å². The van der Waals surface area contributed by atoms with Crippen LogP contribution >= 0.6 is 0 Å². The lowest BCUT2D eigenvalue weighted by molar-refractivity contribution is -0.148. The highest BCUT2D eigenvalue weighted by atomic mass is 16.5. The highest BCUT2D eigenvalue weighted by Crippen LogP contribution is 2.20. The molecule has 30 heavy (non-hydrogen) atoms. The van der Waals surface area contributed by atoms with Crippen LogP contribution in [0.1, 0.15) is 42.3 Å². The Morgan fingerprint density at radius 3 is 2.47 bits per heavy atom. The molecule has 1 heterocycles. The molecule has 1 atom stereocenters. The van der Waals surface area contributed by atoms with E-state index in [-0.39, 0.29) is 18.4 Å². The van der Waals surface area contributed by atoms with E-state index < -0.39 is 17.6 Å². The van der Waals surface area contributed by atoms with E-state index >= 15 is 0 Å². The Morgan fingerprint density at radius 1 is 1.07 bits per heavy atom. The number of benzene rings is 2. The molecule has 1 amide bonds. The summed E-state index contributed by atoms with van der Waals surface area (Å²) in [6, 6.07) is 14.8. The molecule has 0 fully saturated rings. The molecular formula is C24H25NO5. The molecule has 3 rings (SSSR count). The molecule has 0 radical (unpaired) electrons. The summed E-state index contributed by atoms with van der Waals surface area (Å²) < 4.78 is 10.8. The van der Waals surface area contributed by atoms with Gasteiger partial charge in [-0.3, -0.25) is 4.79 Å². The lowest BCUT2D eigenvalue weighted by atomic mass is 10.0. The highest BCUT2D eigenvalue weighted by molar-refractivity contribution is 5.96. The lowest BCUT2D eigenvalue weighted by Gasteiger charge is -2.21. The Kier molecular flexibility index (Phi) is 6.67. The van der Waals surface area contributed by atoms with Gasteiger partial charge in [-0.25, -0.2) is 9.59 Å². The summed E-state index contributed by atoms with van der Waals surface area (Å²) in [4.78, 5) is 37.1. The maximum Gasteiger partial charge on any atom is 0.336 e. The van der Waals surface area contributed by atoms with Gasteiger partial charge in [0.2, 0.25) is 0 Å². The first-order valence-corrected chi connectivity index (χ1v) is 9.97. The van der Waals surface area contributed by atoms with Crippen molar-refractivity contribution in [3.8, 4) is 0 Å². The van der Waals surface area contributed by atoms with Crippen molar-refractivity contribution in [1.29, 1.82) is 0 Å². The molecule has 0 saturated heterocycles. The van der Waals surface area contributed by atoms with Crippen molar-refractivity contribution < 1.29 is 18.7 Å². The fourth-order valence-electron chi connectivity index (χ4n) is 3.16. The second kappa shape index (κ2) is 9.39. The van der Waals surface area contributed by atoms with Crippen LogP contribution in [0.3, 0.4) is 0 Å². The number of amides is 1. The number of fused-ring (bicyclic) bond motifs is 1. The zero-order valence-electron chi connectivity index (χ0n) is 17.3. The summed E-state index contributed by atoms with van der Waals surface area (Å²) in [5.41, 5.74) is 2.04. The van der Waals surface area contributed by atoms with Gasteiger partial charge in [0.1, 0.15) is 18.2 Å². The van der Waals surface area contributed by atoms with Gasteiger partial charge in [0, 0.05) is 22.6 Å². The minimum atomic E-state index is -0.809. The van der Waals surface area contributed by atoms with Crippen molar-refractivity contribution in [2.24, 2.45) is 5.92 Å². The fraction of sp³-hybridized carbons (Fsp3) is 0.292. The SMILES string of the molecule is CCc1ccc2c(COC(=O)[C@@H](NC(=O)c3ccccc3)C(C)C)cc(=O)oc2c1. The molecule has 0 aliphatic heterocycles. The Labute approximate surface area is 174 Å². The van der Waals surface area contributed by atoms with Crippen LogP contribution in [-0.4, -0.2) is 17.9 Å². The number of hydrogen-bond acceptors (Lipinski definition) is 5. The molecule has 156 valence electrons. The first kappa shape index (κ1) is 21.3. The predicted molar refractivity (Wildman–Crippen MR) is 114 cm³/mol. The topological polar surface area (TPSA) is 85.6 Å². The molecule has 0 spiro atoms. The molecule has 2 aromatic carbocycles. The Morgan fingerprint density at radius 2 is 1.80 bits per heavy atom. The van der Waals surface area contributed by atoms with Gasteiger partial charge in [0.25, 0.3) is 5.91 Å². The van der Waals surface area contributed by atoms with Crippen LogP contribution in [-0.2, 0) is 22.6 Å². The fourth-order valence-corrected chi connectivity index (χ4v) is 3.16. The average molecular weight is 407 g/mol. The summed E-state index contributed by atoms with van der Waals surface area (Å²) in [6.07, 6.45) is 0.816. The molecule has 0 bridgehead atoms. The number of hydrogen-bond donors (Lipinski definition) is 1. The summed E-state index contributed by atoms with van der Waals surface area (Å²) in [5.74, 6) is -1.07. The summed E-state index contributed by atoms with van der Waals surface area (Å²) in [7, 11) is 0. The maximum atomic E-state index is 12.7. The molecule has 0 aliphatic carbocycles. The number of esters is 1. The number of aryl methyl sites for hydroxylation is 1. The van der Waals surface area contributed by atoms with Gasteiger partial charge in [0.15, 0.2) is 0 Å². The standard InChI is InChI=1S/C24H25NO5/c1-4-16-10-11-19-18(13-21(26)30-20(19)12-16)14-29-24(28)22(15(2)3)25-23(27)17-8-6-5-7-9-17/h5-13,15,22H,4,14H2,1-3H3,(H,25,27)/t22-/m0/s1. The van der Waals surface area contributed by atoms with E-state index in [1.54, 1.807) is 24.3 Å². The van der Waals surface area contributed by atoms with Crippen molar-refractivity contribution in [2.45, 2.75) is 39.8 Å². The predicted octanol–water partition coefficient (Wildman–Crippen LogP) is 3.85. The smallest absolute Gasteiger partial charge is 0.336 e. The van der Waals surface area contributed by atoms with E-state index in [9.17, 15) is 14.4 Å². The third kappa shape index (κ3) is 4.95. The first-order chi connectivity index (χ1) is 14.4. The van der Waals surface area contributed by atoms with Crippen LogP contribution in [0.15, 0.2) is 63.8 Å². The van der Waals surface area contributed by atoms with E-state index in [1.165, 1.54) is 6.07 Å². The summed E-state index contributed by atoms with van der Waals surface area (Å²) in [5, 5.41) is 3.46. The second-order valence-electron chi connectivity index (χ2n) is 7.44. The van der Waals surface area contributed by atoms with Gasteiger partial charge in [-0.2, -0.15) is 0 Å². The molecule has 3 aromatic rings. The normalized spacial score (nSPS) is 12.0. The molecule has 0 saturated carbocycles. The van der Waals surface area contributed by atoms with Crippen LogP contribution in [0.4, 0.5) is 0 Å². The van der Waals surface area contributed by atoms with E-state index in [1.807, 2.05) is 45.0 Å². The zero-order chi connectivity index (χ0) is 21.7. The third-order valence-electron chi connectivity index (χ3n) is 4.92. The average Bonchev–Trinajstić information content (AvgIpc) is 2.75. The molecule has 1 N–H and O–H groups in total. The van der Waals surface area contributed by atoms with Gasteiger partial charge < -0.3 is 14.5 Å². The quantitative estimate of drug-likeness (QED) is 0.475. The minimum Gasteiger partial charge on any atom is -0.459 e. The summed E-state index contributed by atoms with van der Waals surface area (Å²) in [6.45, 7) is 5.59. The first-order valence-electron chi connectivity index (χ1n) is 9.97. The van der Waals surface area contributed by atoms with Crippen molar-refractivity contribution in [1.82, 2.24) is 5.32 Å². The molecule has 0 aliphatic rings. The lowest BCUT2D eigenvalue weighted by Crippen LogP contribution is -2.45. The number of carbonyl (C=O) groups is 2. The third-order valence-corrected chi connectivity index (χ3v) is 4.92. The van der Waals surface area contributed by atoms with Crippen molar-refractivity contribution in [3.05, 3.63) is 81.7 Å². The van der Waals surface area contributed by atoms with Crippen molar-refractivity contribution in [2.75, 3.05) is 0 Å². The zero-order valence-corrected chi connectivity index (χ0v) is 17.3. The number of rotatable bonds is 7. The number of nitrogens with one attached hydrogen (secondary N) is 1. The molecule has 0 unspecified atom stereocenters. The summed E-state index contributed by atoms with van der Waals surface area (Å²) >= 11 is 0. The Balaban J connectivity index is 1.76. The van der Waals surface area contributed by atoms with Crippen LogP contribution in [0, 0.1) is 5.92 Å². The number of ether oxygens (including phenoxy) is 1. The largest absolute Gasteiger partial charge is 0.459 e. The minimum absolute atomic E-state index is 0.0865. The van der Waals surface area contributed by atoms with E-state index in [0.717, 1.165) is 12.0 Å². The Bertz CT molecular complexity index is 1100. The molecular weight excluding hydrogens is 382 g/mol. The van der Waals surface area contributed by atoms with Crippen molar-refractivity contribution in [3.63, 3.8) is 0 Å². The molecule has 6 heteroatoms. The monoisotopic (exact) mass is 407 g/mol. The highest BCUT2D eigenvalue weighted by Gasteiger charge is 2.26. The number of carbonyl (C=O) groups excluding carboxylic acids is 2. The van der Waals surface area contributed by atoms with Gasteiger partial charge in [0.05, 0.1) is 0 Å². The second-order valence-corrected chi connectivity index (χ2v) is 7.44. The van der Waals surface area contributed by atoms with Gasteiger partial charge in [-0.15, -0.1) is 0 Å². The van der Waals surface area contributed by atoms with E-state index in [0.29, 0.717) is 22.1 Å². The maximum absolute atomic E-state index is 12.7. The van der Waals surface area contributed by atoms with Gasteiger partial charge >= 0.3 is 11.6 Å². The van der Waals surface area contributed by atoms with E-state index in [2.05, 4.69) is 5.32 Å². The van der Waals surface area contributed by atoms with Crippen LogP contribution in [0.2, 0.25) is 0 Å². The van der Waals surface area contributed by atoms with Crippen LogP contribution < -0.4 is 10.9 Å².